The molecule has 0 saturated carbocycles. The Kier molecular flexibility index (Phi) is 2.85. The van der Waals surface area contributed by atoms with Crippen molar-refractivity contribution in [2.24, 2.45) is 0 Å². The minimum Gasteiger partial charge on any atom is -0.468 e. The molecule has 66 valence electrons. The number of aryl methyl sites for hydroxylation is 1. The van der Waals surface area contributed by atoms with Crippen molar-refractivity contribution in [3.05, 3.63) is 18.0 Å². The molecule has 0 amide bonds. The fourth-order valence-corrected chi connectivity index (χ4v) is 0.990. The number of carbonyl (C=O) groups excluding carboxylic acids is 1. The molecule has 1 rings (SSSR count). The van der Waals surface area contributed by atoms with E-state index in [9.17, 15) is 4.79 Å². The van der Waals surface area contributed by atoms with Gasteiger partial charge in [0, 0.05) is 11.9 Å². The van der Waals surface area contributed by atoms with Crippen LogP contribution in [0.15, 0.2) is 12.3 Å². The maximum atomic E-state index is 10.9. The van der Waals surface area contributed by atoms with E-state index in [2.05, 4.69) is 9.84 Å². The summed E-state index contributed by atoms with van der Waals surface area (Å²) in [5.41, 5.74) is 1.04. The molecular weight excluding hydrogens is 156 g/mol. The Morgan fingerprint density at radius 3 is 3.08 bits per heavy atom. The summed E-state index contributed by atoms with van der Waals surface area (Å²) in [6, 6.07) is 1.89. The predicted molar refractivity (Wildman–Crippen MR) is 43.6 cm³/mol. The average molecular weight is 168 g/mol. The summed E-state index contributed by atoms with van der Waals surface area (Å²) in [6.45, 7) is 2.22. The van der Waals surface area contributed by atoms with Crippen LogP contribution in [0.3, 0.4) is 0 Å². The number of carbonyl (C=O) groups is 1. The smallest absolute Gasteiger partial charge is 0.327 e. The van der Waals surface area contributed by atoms with Crippen molar-refractivity contribution < 1.29 is 9.53 Å². The van der Waals surface area contributed by atoms with Crippen LogP contribution < -0.4 is 0 Å². The molecule has 0 spiro atoms. The Morgan fingerprint density at radius 1 is 1.75 bits per heavy atom. The van der Waals surface area contributed by atoms with Crippen LogP contribution in [-0.2, 0) is 22.5 Å². The van der Waals surface area contributed by atoms with E-state index in [1.54, 1.807) is 10.9 Å². The van der Waals surface area contributed by atoms with Crippen LogP contribution in [0, 0.1) is 0 Å². The minimum absolute atomic E-state index is 0.201. The van der Waals surface area contributed by atoms with Crippen molar-refractivity contribution in [3.63, 3.8) is 0 Å². The van der Waals surface area contributed by atoms with E-state index in [1.165, 1.54) is 7.11 Å². The second-order valence-electron chi connectivity index (χ2n) is 2.41. The van der Waals surface area contributed by atoms with E-state index >= 15 is 0 Å². The molecule has 0 unspecified atom stereocenters. The highest BCUT2D eigenvalue weighted by molar-refractivity contribution is 5.68. The van der Waals surface area contributed by atoms with Gasteiger partial charge in [0.25, 0.3) is 0 Å². The Hall–Kier alpha value is -1.32. The summed E-state index contributed by atoms with van der Waals surface area (Å²) in [4.78, 5) is 10.9. The molecule has 4 heteroatoms. The lowest BCUT2D eigenvalue weighted by atomic mass is 10.3. The summed E-state index contributed by atoms with van der Waals surface area (Å²) in [7, 11) is 1.37. The number of hydrogen-bond donors (Lipinski definition) is 0. The molecule has 4 nitrogen and oxygen atoms in total. The fraction of sp³-hybridized carbons (Fsp3) is 0.500. The largest absolute Gasteiger partial charge is 0.468 e. The van der Waals surface area contributed by atoms with E-state index in [1.807, 2.05) is 13.0 Å². The highest BCUT2D eigenvalue weighted by Gasteiger charge is 2.05. The summed E-state index contributed by atoms with van der Waals surface area (Å²) < 4.78 is 6.17. The molecule has 0 bridgehead atoms. The Bertz CT molecular complexity index is 268. The number of esters is 1. The van der Waals surface area contributed by atoms with Crippen LogP contribution in [0.5, 0.6) is 0 Å². The van der Waals surface area contributed by atoms with Crippen LogP contribution in [0.25, 0.3) is 0 Å². The standard InChI is InChI=1S/C8H12N2O2/c1-3-7-4-5-9-10(7)6-8(11)12-2/h4-5H,3,6H2,1-2H3. The zero-order valence-electron chi connectivity index (χ0n) is 7.28. The van der Waals surface area contributed by atoms with Gasteiger partial charge in [-0.05, 0) is 12.5 Å². The van der Waals surface area contributed by atoms with Crippen molar-refractivity contribution in [1.82, 2.24) is 9.78 Å². The second kappa shape index (κ2) is 3.90. The van der Waals surface area contributed by atoms with Gasteiger partial charge in [-0.2, -0.15) is 5.10 Å². The Balaban J connectivity index is 2.68. The molecule has 0 atom stereocenters. The third-order valence-corrected chi connectivity index (χ3v) is 1.67. The van der Waals surface area contributed by atoms with Crippen molar-refractivity contribution in [2.75, 3.05) is 7.11 Å². The van der Waals surface area contributed by atoms with Gasteiger partial charge < -0.3 is 4.74 Å². The molecule has 0 aliphatic carbocycles. The molecular formula is C8H12N2O2. The molecule has 0 aliphatic rings. The van der Waals surface area contributed by atoms with E-state index in [-0.39, 0.29) is 12.5 Å². The molecule has 0 radical (unpaired) electrons. The highest BCUT2D eigenvalue weighted by Crippen LogP contribution is 1.99. The van der Waals surface area contributed by atoms with Crippen LogP contribution >= 0.6 is 0 Å². The minimum atomic E-state index is -0.270. The van der Waals surface area contributed by atoms with Crippen molar-refractivity contribution in [3.8, 4) is 0 Å². The first-order valence-corrected chi connectivity index (χ1v) is 3.85. The molecule has 0 aliphatic heterocycles. The SMILES string of the molecule is CCc1ccnn1CC(=O)OC. The van der Waals surface area contributed by atoms with Crippen LogP contribution in [0.4, 0.5) is 0 Å². The molecule has 1 heterocycles. The first-order chi connectivity index (χ1) is 5.77. The second-order valence-corrected chi connectivity index (χ2v) is 2.41. The van der Waals surface area contributed by atoms with Gasteiger partial charge in [0.2, 0.25) is 0 Å². The Morgan fingerprint density at radius 2 is 2.50 bits per heavy atom. The monoisotopic (exact) mass is 168 g/mol. The maximum absolute atomic E-state index is 10.9. The molecule has 0 N–H and O–H groups in total. The van der Waals surface area contributed by atoms with Crippen molar-refractivity contribution in [1.29, 1.82) is 0 Å². The molecule has 1 aromatic rings. The van der Waals surface area contributed by atoms with E-state index in [0.29, 0.717) is 0 Å². The lowest BCUT2D eigenvalue weighted by Gasteiger charge is -2.02. The average Bonchev–Trinajstić information content (AvgIpc) is 2.51. The third kappa shape index (κ3) is 1.84. The van der Waals surface area contributed by atoms with Gasteiger partial charge in [0.15, 0.2) is 0 Å². The fourth-order valence-electron chi connectivity index (χ4n) is 0.990. The summed E-state index contributed by atoms with van der Waals surface area (Å²) in [6.07, 6.45) is 2.55. The van der Waals surface area contributed by atoms with E-state index in [4.69, 9.17) is 0 Å². The van der Waals surface area contributed by atoms with Gasteiger partial charge in [-0.15, -0.1) is 0 Å². The van der Waals surface area contributed by atoms with Crippen molar-refractivity contribution in [2.45, 2.75) is 19.9 Å². The third-order valence-electron chi connectivity index (χ3n) is 1.67. The van der Waals surface area contributed by atoms with Gasteiger partial charge in [-0.25, -0.2) is 0 Å². The maximum Gasteiger partial charge on any atom is 0.327 e. The number of rotatable bonds is 3. The zero-order chi connectivity index (χ0) is 8.97. The van der Waals surface area contributed by atoms with Crippen LogP contribution in [-0.4, -0.2) is 22.9 Å². The number of hydrogen-bond acceptors (Lipinski definition) is 3. The van der Waals surface area contributed by atoms with Crippen LogP contribution in [0.2, 0.25) is 0 Å². The van der Waals surface area contributed by atoms with E-state index < -0.39 is 0 Å². The number of methoxy groups -OCH3 is 1. The van der Waals surface area contributed by atoms with Gasteiger partial charge in [-0.3, -0.25) is 9.48 Å². The van der Waals surface area contributed by atoms with Gasteiger partial charge >= 0.3 is 5.97 Å². The quantitative estimate of drug-likeness (QED) is 0.621. The van der Waals surface area contributed by atoms with Gasteiger partial charge in [0.05, 0.1) is 7.11 Å². The Labute approximate surface area is 71.1 Å². The first kappa shape index (κ1) is 8.77. The van der Waals surface area contributed by atoms with Crippen LogP contribution in [0.1, 0.15) is 12.6 Å². The molecule has 0 fully saturated rings. The zero-order valence-corrected chi connectivity index (χ0v) is 7.28. The lowest BCUT2D eigenvalue weighted by Crippen LogP contribution is -2.14. The summed E-state index contributed by atoms with van der Waals surface area (Å²) in [5, 5.41) is 3.99. The van der Waals surface area contributed by atoms with Gasteiger partial charge in [0.1, 0.15) is 6.54 Å². The first-order valence-electron chi connectivity index (χ1n) is 3.85. The molecule has 1 aromatic heterocycles. The number of aromatic nitrogens is 2. The number of nitrogens with zero attached hydrogens (tertiary/aromatic N) is 2. The van der Waals surface area contributed by atoms with E-state index in [0.717, 1.165) is 12.1 Å². The predicted octanol–water partition coefficient (Wildman–Crippen LogP) is 0.618. The summed E-state index contributed by atoms with van der Waals surface area (Å²) in [5.74, 6) is -0.270. The molecule has 12 heavy (non-hydrogen) atoms. The summed E-state index contributed by atoms with van der Waals surface area (Å²) >= 11 is 0. The van der Waals surface area contributed by atoms with Crippen molar-refractivity contribution >= 4 is 5.97 Å². The molecule has 0 aromatic carbocycles. The molecule has 0 saturated heterocycles. The van der Waals surface area contributed by atoms with Gasteiger partial charge in [-0.1, -0.05) is 6.92 Å². The number of ether oxygens (including phenoxy) is 1. The highest BCUT2D eigenvalue weighted by atomic mass is 16.5. The lowest BCUT2D eigenvalue weighted by molar-refractivity contribution is -0.141. The normalized spacial score (nSPS) is 9.83. The topological polar surface area (TPSA) is 44.1 Å².